The number of hydrogen-bond donors (Lipinski definition) is 1. The summed E-state index contributed by atoms with van der Waals surface area (Å²) in [5.41, 5.74) is 2.23. The molecule has 2 heterocycles. The van der Waals surface area contributed by atoms with E-state index in [4.69, 9.17) is 9.15 Å². The molecule has 0 aliphatic heterocycles. The van der Waals surface area contributed by atoms with Gasteiger partial charge < -0.3 is 14.5 Å². The monoisotopic (exact) mass is 364 g/mol. The average Bonchev–Trinajstić information content (AvgIpc) is 3.15. The molecule has 0 fully saturated rings. The first-order valence-electron chi connectivity index (χ1n) is 8.09. The van der Waals surface area contributed by atoms with Gasteiger partial charge in [0.1, 0.15) is 0 Å². The van der Waals surface area contributed by atoms with Gasteiger partial charge in [-0.25, -0.2) is 9.78 Å². The molecule has 0 aliphatic rings. The molecule has 0 atom stereocenters. The van der Waals surface area contributed by atoms with E-state index in [0.29, 0.717) is 29.1 Å². The molecule has 4 aromatic rings. The van der Waals surface area contributed by atoms with Crippen molar-refractivity contribution in [2.75, 3.05) is 12.4 Å². The third-order valence-corrected chi connectivity index (χ3v) is 4.81. The summed E-state index contributed by atoms with van der Waals surface area (Å²) >= 11 is 1.46. The van der Waals surface area contributed by atoms with Gasteiger partial charge in [0.15, 0.2) is 16.5 Å². The average molecular weight is 364 g/mol. The number of para-hydroxylation sites is 1. The minimum Gasteiger partial charge on any atom is -0.493 e. The van der Waals surface area contributed by atoms with Crippen LogP contribution in [0.4, 0.5) is 5.13 Å². The Kier molecular flexibility index (Phi) is 4.41. The minimum atomic E-state index is -0.429. The minimum absolute atomic E-state index is 0.429. The van der Waals surface area contributed by atoms with E-state index in [-0.39, 0.29) is 0 Å². The van der Waals surface area contributed by atoms with E-state index < -0.39 is 5.63 Å². The lowest BCUT2D eigenvalue weighted by Gasteiger charge is -2.04. The molecule has 0 aliphatic carbocycles. The highest BCUT2D eigenvalue weighted by Gasteiger charge is 2.13. The van der Waals surface area contributed by atoms with E-state index in [2.05, 4.69) is 10.3 Å². The number of methoxy groups -OCH3 is 1. The quantitative estimate of drug-likeness (QED) is 0.527. The number of anilines is 1. The van der Waals surface area contributed by atoms with E-state index in [1.807, 2.05) is 47.8 Å². The normalized spacial score (nSPS) is 10.8. The Balaban J connectivity index is 1.63. The van der Waals surface area contributed by atoms with Gasteiger partial charge in [-0.3, -0.25) is 0 Å². The second-order valence-corrected chi connectivity index (χ2v) is 6.56. The molecule has 26 heavy (non-hydrogen) atoms. The Bertz CT molecular complexity index is 1100. The van der Waals surface area contributed by atoms with Crippen LogP contribution < -0.4 is 15.7 Å². The van der Waals surface area contributed by atoms with Crippen molar-refractivity contribution in [3.05, 3.63) is 76.0 Å². The van der Waals surface area contributed by atoms with Crippen LogP contribution in [-0.4, -0.2) is 12.1 Å². The predicted molar refractivity (Wildman–Crippen MR) is 104 cm³/mol. The zero-order valence-corrected chi connectivity index (χ0v) is 14.9. The lowest BCUT2D eigenvalue weighted by Crippen LogP contribution is -2.04. The number of hydrogen-bond acceptors (Lipinski definition) is 6. The van der Waals surface area contributed by atoms with Gasteiger partial charge in [0.05, 0.1) is 18.4 Å². The van der Waals surface area contributed by atoms with Gasteiger partial charge in [0.25, 0.3) is 0 Å². The summed E-state index contributed by atoms with van der Waals surface area (Å²) in [5.74, 6) is 0.537. The van der Waals surface area contributed by atoms with Crippen LogP contribution in [0.1, 0.15) is 5.56 Å². The van der Waals surface area contributed by atoms with Crippen LogP contribution in [-0.2, 0) is 6.54 Å². The fraction of sp³-hybridized carbons (Fsp3) is 0.100. The van der Waals surface area contributed by atoms with Crippen LogP contribution in [0, 0.1) is 0 Å². The summed E-state index contributed by atoms with van der Waals surface area (Å²) in [6.07, 6.45) is 0. The van der Waals surface area contributed by atoms with Crippen LogP contribution >= 0.6 is 11.3 Å². The second-order valence-electron chi connectivity index (χ2n) is 5.70. The maximum Gasteiger partial charge on any atom is 0.345 e. The number of fused-ring (bicyclic) bond motifs is 1. The Labute approximate surface area is 153 Å². The van der Waals surface area contributed by atoms with Crippen LogP contribution in [0.15, 0.2) is 69.2 Å². The van der Waals surface area contributed by atoms with Crippen molar-refractivity contribution < 1.29 is 9.15 Å². The van der Waals surface area contributed by atoms with Crippen molar-refractivity contribution in [2.24, 2.45) is 0 Å². The first-order valence-corrected chi connectivity index (χ1v) is 8.97. The van der Waals surface area contributed by atoms with Crippen molar-refractivity contribution >= 4 is 27.4 Å². The van der Waals surface area contributed by atoms with Crippen LogP contribution in [0.25, 0.3) is 22.2 Å². The molecule has 5 nitrogen and oxygen atoms in total. The SMILES string of the molecule is COc1cccc2cc(-c3csc(NCc4ccccc4)n3)c(=O)oc12. The number of thiazole rings is 1. The standard InChI is InChI=1S/C20H16N2O3S/c1-24-17-9-5-8-14-10-15(19(23)25-18(14)17)16-12-26-20(22-16)21-11-13-6-3-2-4-7-13/h2-10,12H,11H2,1H3,(H,21,22). The molecule has 0 saturated heterocycles. The van der Waals surface area contributed by atoms with Crippen molar-refractivity contribution in [3.63, 3.8) is 0 Å². The summed E-state index contributed by atoms with van der Waals surface area (Å²) in [4.78, 5) is 16.9. The second kappa shape index (κ2) is 7.01. The Morgan fingerprint density at radius 3 is 2.81 bits per heavy atom. The van der Waals surface area contributed by atoms with Gasteiger partial charge in [-0.05, 0) is 17.7 Å². The molecule has 0 spiro atoms. The molecule has 0 radical (unpaired) electrons. The number of benzene rings is 2. The van der Waals surface area contributed by atoms with Crippen LogP contribution in [0.3, 0.4) is 0 Å². The largest absolute Gasteiger partial charge is 0.493 e. The highest BCUT2D eigenvalue weighted by molar-refractivity contribution is 7.14. The van der Waals surface area contributed by atoms with Gasteiger partial charge in [-0.15, -0.1) is 11.3 Å². The van der Waals surface area contributed by atoms with Crippen molar-refractivity contribution in [2.45, 2.75) is 6.54 Å². The summed E-state index contributed by atoms with van der Waals surface area (Å²) in [6.45, 7) is 0.678. The molecule has 2 aromatic heterocycles. The molecule has 2 aromatic carbocycles. The molecule has 0 bridgehead atoms. The molecule has 4 rings (SSSR count). The molecule has 0 unspecified atom stereocenters. The number of nitrogens with zero attached hydrogens (tertiary/aromatic N) is 1. The third kappa shape index (κ3) is 3.19. The summed E-state index contributed by atoms with van der Waals surface area (Å²) < 4.78 is 10.7. The topological polar surface area (TPSA) is 64.4 Å². The first-order chi connectivity index (χ1) is 12.7. The lowest BCUT2D eigenvalue weighted by molar-refractivity contribution is 0.407. The fourth-order valence-corrected chi connectivity index (χ4v) is 3.42. The highest BCUT2D eigenvalue weighted by Crippen LogP contribution is 2.29. The molecule has 6 heteroatoms. The Hall–Kier alpha value is -3.12. The number of nitrogens with one attached hydrogen (secondary N) is 1. The van der Waals surface area contributed by atoms with E-state index in [1.165, 1.54) is 16.9 Å². The van der Waals surface area contributed by atoms with Gasteiger partial charge in [0.2, 0.25) is 0 Å². The van der Waals surface area contributed by atoms with Crippen molar-refractivity contribution in [1.29, 1.82) is 0 Å². The molecular formula is C20H16N2O3S. The Morgan fingerprint density at radius 2 is 2.00 bits per heavy atom. The van der Waals surface area contributed by atoms with E-state index >= 15 is 0 Å². The third-order valence-electron chi connectivity index (χ3n) is 4.01. The zero-order chi connectivity index (χ0) is 17.9. The molecule has 0 saturated carbocycles. The first kappa shape index (κ1) is 16.4. The lowest BCUT2D eigenvalue weighted by atomic mass is 10.1. The fourth-order valence-electron chi connectivity index (χ4n) is 2.71. The van der Waals surface area contributed by atoms with E-state index in [9.17, 15) is 4.79 Å². The van der Waals surface area contributed by atoms with Crippen LogP contribution in [0.2, 0.25) is 0 Å². The van der Waals surface area contributed by atoms with Crippen molar-refractivity contribution in [1.82, 2.24) is 4.98 Å². The van der Waals surface area contributed by atoms with Crippen LogP contribution in [0.5, 0.6) is 5.75 Å². The molecule has 130 valence electrons. The van der Waals surface area contributed by atoms with E-state index in [0.717, 1.165) is 10.5 Å². The maximum atomic E-state index is 12.4. The summed E-state index contributed by atoms with van der Waals surface area (Å²) in [6, 6.07) is 17.4. The maximum absolute atomic E-state index is 12.4. The zero-order valence-electron chi connectivity index (χ0n) is 14.1. The van der Waals surface area contributed by atoms with Gasteiger partial charge in [-0.1, -0.05) is 42.5 Å². The number of ether oxygens (including phenoxy) is 1. The van der Waals surface area contributed by atoms with E-state index in [1.54, 1.807) is 19.2 Å². The number of aromatic nitrogens is 1. The van der Waals surface area contributed by atoms with Crippen molar-refractivity contribution in [3.8, 4) is 17.0 Å². The highest BCUT2D eigenvalue weighted by atomic mass is 32.1. The summed E-state index contributed by atoms with van der Waals surface area (Å²) in [5, 5.41) is 6.69. The predicted octanol–water partition coefficient (Wildman–Crippen LogP) is 4.54. The molecule has 0 amide bonds. The van der Waals surface area contributed by atoms with Gasteiger partial charge in [-0.2, -0.15) is 0 Å². The molecule has 1 N–H and O–H groups in total. The summed E-state index contributed by atoms with van der Waals surface area (Å²) in [7, 11) is 1.55. The number of rotatable bonds is 5. The molecular weight excluding hydrogens is 348 g/mol. The smallest absolute Gasteiger partial charge is 0.345 e. The van der Waals surface area contributed by atoms with Gasteiger partial charge >= 0.3 is 5.63 Å². The Morgan fingerprint density at radius 1 is 1.15 bits per heavy atom. The van der Waals surface area contributed by atoms with Gasteiger partial charge in [0, 0.05) is 17.3 Å².